The van der Waals surface area contributed by atoms with Gasteiger partial charge in [0, 0.05) is 12.1 Å². The molecule has 10 heteroatoms. The topological polar surface area (TPSA) is 86.8 Å². The Labute approximate surface area is 205 Å². The first-order valence-electron chi connectivity index (χ1n) is 10.3. The molecule has 2 amide bonds. The van der Waals surface area contributed by atoms with Gasteiger partial charge in [0.15, 0.2) is 0 Å². The lowest BCUT2D eigenvalue weighted by molar-refractivity contribution is -0.140. The lowest BCUT2D eigenvalue weighted by atomic mass is 10.1. The Hall–Kier alpha value is -2.29. The number of carbonyl (C=O) groups excluding carboxylic acids is 2. The van der Waals surface area contributed by atoms with Crippen LogP contribution in [0.5, 0.6) is 0 Å². The minimum atomic E-state index is -3.89. The Morgan fingerprint density at radius 3 is 2.18 bits per heavy atom. The Kier molecular flexibility index (Phi) is 8.79. The SMILES string of the molecule is CC(C(=O)NC(C)(C)C)N(Cc1ccccc1)C(=O)CN(c1cccc(Cl)c1Cl)S(C)(=O)=O. The van der Waals surface area contributed by atoms with Crippen LogP contribution in [0.15, 0.2) is 48.5 Å². The van der Waals surface area contributed by atoms with Crippen molar-refractivity contribution in [1.82, 2.24) is 10.2 Å². The number of anilines is 1. The first kappa shape index (κ1) is 27.0. The maximum atomic E-state index is 13.4. The summed E-state index contributed by atoms with van der Waals surface area (Å²) in [5.41, 5.74) is 0.388. The fourth-order valence-electron chi connectivity index (χ4n) is 3.12. The van der Waals surface area contributed by atoms with Gasteiger partial charge in [-0.2, -0.15) is 0 Å². The lowest BCUT2D eigenvalue weighted by Gasteiger charge is -2.33. The second kappa shape index (κ2) is 10.8. The minimum absolute atomic E-state index is 0.0190. The highest BCUT2D eigenvalue weighted by Gasteiger charge is 2.32. The van der Waals surface area contributed by atoms with Gasteiger partial charge >= 0.3 is 0 Å². The van der Waals surface area contributed by atoms with Gasteiger partial charge in [-0.3, -0.25) is 13.9 Å². The van der Waals surface area contributed by atoms with E-state index in [0.29, 0.717) is 0 Å². The summed E-state index contributed by atoms with van der Waals surface area (Å²) in [6.07, 6.45) is 0.981. The molecule has 0 aliphatic heterocycles. The Morgan fingerprint density at radius 2 is 1.64 bits per heavy atom. The molecule has 0 aromatic heterocycles. The van der Waals surface area contributed by atoms with E-state index in [9.17, 15) is 18.0 Å². The van der Waals surface area contributed by atoms with Crippen molar-refractivity contribution in [2.24, 2.45) is 0 Å². The highest BCUT2D eigenvalue weighted by molar-refractivity contribution is 7.92. The van der Waals surface area contributed by atoms with Crippen molar-refractivity contribution in [1.29, 1.82) is 0 Å². The van der Waals surface area contributed by atoms with E-state index in [-0.39, 0.29) is 28.2 Å². The number of halogens is 2. The molecule has 2 aromatic carbocycles. The number of amides is 2. The second-order valence-electron chi connectivity index (χ2n) is 8.77. The van der Waals surface area contributed by atoms with Gasteiger partial charge in [0.2, 0.25) is 21.8 Å². The summed E-state index contributed by atoms with van der Waals surface area (Å²) in [5.74, 6) is -0.907. The van der Waals surface area contributed by atoms with Gasteiger partial charge in [0.05, 0.1) is 22.0 Å². The smallest absolute Gasteiger partial charge is 0.244 e. The average molecular weight is 514 g/mol. The zero-order valence-corrected chi connectivity index (χ0v) is 21.6. The number of carbonyl (C=O) groups is 2. The largest absolute Gasteiger partial charge is 0.350 e. The van der Waals surface area contributed by atoms with Crippen molar-refractivity contribution < 1.29 is 18.0 Å². The average Bonchev–Trinajstić information content (AvgIpc) is 2.70. The van der Waals surface area contributed by atoms with E-state index in [1.165, 1.54) is 17.0 Å². The number of benzene rings is 2. The number of sulfonamides is 1. The van der Waals surface area contributed by atoms with Gasteiger partial charge in [0.25, 0.3) is 0 Å². The molecule has 7 nitrogen and oxygen atoms in total. The molecule has 0 fully saturated rings. The van der Waals surface area contributed by atoms with E-state index in [4.69, 9.17) is 23.2 Å². The van der Waals surface area contributed by atoms with Crippen molar-refractivity contribution in [3.63, 3.8) is 0 Å². The van der Waals surface area contributed by atoms with Crippen molar-refractivity contribution in [3.05, 3.63) is 64.1 Å². The van der Waals surface area contributed by atoms with E-state index in [1.807, 2.05) is 51.1 Å². The van der Waals surface area contributed by atoms with Crippen LogP contribution in [0.25, 0.3) is 0 Å². The van der Waals surface area contributed by atoms with Gasteiger partial charge in [-0.15, -0.1) is 0 Å². The van der Waals surface area contributed by atoms with E-state index in [2.05, 4.69) is 5.32 Å². The number of nitrogens with one attached hydrogen (secondary N) is 1. The predicted octanol–water partition coefficient (Wildman–Crippen LogP) is 4.09. The molecule has 1 atom stereocenters. The summed E-state index contributed by atoms with van der Waals surface area (Å²) in [6, 6.07) is 12.8. The number of rotatable bonds is 8. The summed E-state index contributed by atoms with van der Waals surface area (Å²) < 4.78 is 26.1. The van der Waals surface area contributed by atoms with Crippen molar-refractivity contribution in [3.8, 4) is 0 Å². The van der Waals surface area contributed by atoms with Crippen molar-refractivity contribution in [2.45, 2.75) is 45.8 Å². The molecular weight excluding hydrogens is 485 g/mol. The molecule has 33 heavy (non-hydrogen) atoms. The lowest BCUT2D eigenvalue weighted by Crippen LogP contribution is -2.54. The predicted molar refractivity (Wildman–Crippen MR) is 133 cm³/mol. The molecule has 0 heterocycles. The second-order valence-corrected chi connectivity index (χ2v) is 11.5. The molecule has 0 saturated carbocycles. The van der Waals surface area contributed by atoms with Gasteiger partial charge in [-0.25, -0.2) is 8.42 Å². The highest BCUT2D eigenvalue weighted by Crippen LogP contribution is 2.33. The van der Waals surface area contributed by atoms with Crippen LogP contribution in [0.3, 0.4) is 0 Å². The standard InChI is InChI=1S/C23H29Cl2N3O4S/c1-16(22(30)26-23(2,3)4)27(14-17-10-7-6-8-11-17)20(29)15-28(33(5,31)32)19-13-9-12-18(24)21(19)25/h6-13,16H,14-15H2,1-5H3,(H,26,30). The van der Waals surface area contributed by atoms with Gasteiger partial charge in [-0.05, 0) is 45.4 Å². The zero-order chi connectivity index (χ0) is 25.0. The van der Waals surface area contributed by atoms with Crippen LogP contribution in [0.1, 0.15) is 33.3 Å². The fraction of sp³-hybridized carbons (Fsp3) is 0.391. The minimum Gasteiger partial charge on any atom is -0.350 e. The van der Waals surface area contributed by atoms with Gasteiger partial charge in [-0.1, -0.05) is 59.6 Å². The van der Waals surface area contributed by atoms with Crippen LogP contribution in [0.2, 0.25) is 10.0 Å². The van der Waals surface area contributed by atoms with E-state index < -0.39 is 34.1 Å². The third-order valence-electron chi connectivity index (χ3n) is 4.74. The summed E-state index contributed by atoms with van der Waals surface area (Å²) in [6.45, 7) is 6.71. The molecule has 0 saturated heterocycles. The van der Waals surface area contributed by atoms with E-state index in [0.717, 1.165) is 16.1 Å². The number of hydrogen-bond acceptors (Lipinski definition) is 4. The summed E-state index contributed by atoms with van der Waals surface area (Å²) in [5, 5.41) is 3.05. The summed E-state index contributed by atoms with van der Waals surface area (Å²) in [7, 11) is -3.89. The highest BCUT2D eigenvalue weighted by atomic mass is 35.5. The number of nitrogens with zero attached hydrogens (tertiary/aromatic N) is 2. The maximum Gasteiger partial charge on any atom is 0.244 e. The number of hydrogen-bond donors (Lipinski definition) is 1. The fourth-order valence-corrected chi connectivity index (χ4v) is 4.42. The molecule has 0 spiro atoms. The monoisotopic (exact) mass is 513 g/mol. The zero-order valence-electron chi connectivity index (χ0n) is 19.3. The first-order chi connectivity index (χ1) is 15.2. The first-order valence-corrected chi connectivity index (χ1v) is 12.9. The van der Waals surface area contributed by atoms with Gasteiger partial charge < -0.3 is 10.2 Å². The summed E-state index contributed by atoms with van der Waals surface area (Å²) >= 11 is 12.3. The maximum absolute atomic E-state index is 13.4. The Bertz CT molecular complexity index is 1100. The van der Waals surface area contributed by atoms with Crippen LogP contribution in [-0.2, 0) is 26.2 Å². The summed E-state index contributed by atoms with van der Waals surface area (Å²) in [4.78, 5) is 27.7. The van der Waals surface area contributed by atoms with Crippen LogP contribution >= 0.6 is 23.2 Å². The Morgan fingerprint density at radius 1 is 1.03 bits per heavy atom. The molecule has 0 bridgehead atoms. The molecular formula is C23H29Cl2N3O4S. The molecule has 2 aromatic rings. The van der Waals surface area contributed by atoms with Crippen LogP contribution in [0, 0.1) is 0 Å². The van der Waals surface area contributed by atoms with E-state index in [1.54, 1.807) is 13.0 Å². The Balaban J connectivity index is 2.42. The molecule has 0 aliphatic rings. The third-order valence-corrected chi connectivity index (χ3v) is 6.68. The molecule has 180 valence electrons. The van der Waals surface area contributed by atoms with Crippen LogP contribution in [0.4, 0.5) is 5.69 Å². The van der Waals surface area contributed by atoms with Crippen LogP contribution < -0.4 is 9.62 Å². The van der Waals surface area contributed by atoms with Crippen molar-refractivity contribution >= 4 is 50.7 Å². The molecule has 1 N–H and O–H groups in total. The van der Waals surface area contributed by atoms with E-state index >= 15 is 0 Å². The molecule has 2 rings (SSSR count). The quantitative estimate of drug-likeness (QED) is 0.575. The third kappa shape index (κ3) is 7.62. The van der Waals surface area contributed by atoms with Gasteiger partial charge in [0.1, 0.15) is 12.6 Å². The molecule has 1 unspecified atom stereocenters. The van der Waals surface area contributed by atoms with Crippen molar-refractivity contribution in [2.75, 3.05) is 17.1 Å². The van der Waals surface area contributed by atoms with Crippen LogP contribution in [-0.4, -0.2) is 49.5 Å². The molecule has 0 radical (unpaired) electrons. The molecule has 0 aliphatic carbocycles. The normalized spacial score (nSPS) is 12.7.